The van der Waals surface area contributed by atoms with Crippen molar-refractivity contribution in [3.8, 4) is 33.6 Å². The van der Waals surface area contributed by atoms with Crippen LogP contribution in [0.4, 0.5) is 13.2 Å². The standard InChI is InChI=1S/C42H28F3N5/c43-42(44,45)39-28-37(35-21-12-13-23-38(35)46-39)30-26-24-29(25-27-30)34-20-10-11-22-36(34)40-47-49-50(48-40)41(31-14-4-1-5-15-31,32-16-6-2-7-17-32)33-18-8-3-9-19-33/h1-28H. The summed E-state index contributed by atoms with van der Waals surface area (Å²) in [5.41, 5.74) is 4.97. The fourth-order valence-corrected chi connectivity index (χ4v) is 6.67. The Hall–Kier alpha value is -6.41. The van der Waals surface area contributed by atoms with Gasteiger partial charge in [-0.3, -0.25) is 0 Å². The van der Waals surface area contributed by atoms with E-state index in [0.29, 0.717) is 27.9 Å². The Bertz CT molecular complexity index is 2310. The molecule has 242 valence electrons. The molecule has 0 radical (unpaired) electrons. The fraction of sp³-hybridized carbons (Fsp3) is 0.0476. The van der Waals surface area contributed by atoms with Crippen LogP contribution < -0.4 is 0 Å². The van der Waals surface area contributed by atoms with Crippen molar-refractivity contribution in [1.29, 1.82) is 0 Å². The molecule has 0 saturated heterocycles. The van der Waals surface area contributed by atoms with Crippen LogP contribution in [-0.2, 0) is 11.7 Å². The van der Waals surface area contributed by atoms with Gasteiger partial charge < -0.3 is 0 Å². The molecule has 0 unspecified atom stereocenters. The molecular formula is C42H28F3N5. The summed E-state index contributed by atoms with van der Waals surface area (Å²) in [7, 11) is 0. The number of benzene rings is 6. The minimum Gasteiger partial charge on any atom is -0.243 e. The average Bonchev–Trinajstić information content (AvgIpc) is 3.66. The molecule has 2 heterocycles. The topological polar surface area (TPSA) is 56.5 Å². The quantitative estimate of drug-likeness (QED) is 0.160. The van der Waals surface area contributed by atoms with Crippen LogP contribution in [0.2, 0.25) is 0 Å². The van der Waals surface area contributed by atoms with Gasteiger partial charge in [0.15, 0.2) is 5.54 Å². The number of rotatable bonds is 7. The first-order valence-electron chi connectivity index (χ1n) is 16.1. The van der Waals surface area contributed by atoms with Gasteiger partial charge in [0.25, 0.3) is 0 Å². The Morgan fingerprint density at radius 1 is 0.480 bits per heavy atom. The lowest BCUT2D eigenvalue weighted by molar-refractivity contribution is -0.140. The molecule has 8 heteroatoms. The zero-order valence-electron chi connectivity index (χ0n) is 26.5. The number of hydrogen-bond acceptors (Lipinski definition) is 4. The minimum atomic E-state index is -4.57. The second-order valence-electron chi connectivity index (χ2n) is 11.9. The second-order valence-corrected chi connectivity index (χ2v) is 11.9. The Labute approximate surface area is 286 Å². The highest BCUT2D eigenvalue weighted by Gasteiger charge is 2.41. The fourth-order valence-electron chi connectivity index (χ4n) is 6.67. The average molecular weight is 660 g/mol. The van der Waals surface area contributed by atoms with Crippen LogP contribution in [0.15, 0.2) is 170 Å². The van der Waals surface area contributed by atoms with Crippen LogP contribution in [0.25, 0.3) is 44.5 Å². The smallest absolute Gasteiger partial charge is 0.243 e. The van der Waals surface area contributed by atoms with Gasteiger partial charge in [0.05, 0.1) is 5.52 Å². The van der Waals surface area contributed by atoms with Gasteiger partial charge in [0.2, 0.25) is 5.82 Å². The third kappa shape index (κ3) is 5.41. The van der Waals surface area contributed by atoms with E-state index in [0.717, 1.165) is 39.4 Å². The molecule has 0 spiro atoms. The first kappa shape index (κ1) is 30.9. The van der Waals surface area contributed by atoms with Gasteiger partial charge >= 0.3 is 6.18 Å². The van der Waals surface area contributed by atoms with Gasteiger partial charge in [0, 0.05) is 10.9 Å². The summed E-state index contributed by atoms with van der Waals surface area (Å²) < 4.78 is 41.4. The number of pyridine rings is 1. The molecule has 0 amide bonds. The van der Waals surface area contributed by atoms with Gasteiger partial charge in [0.1, 0.15) is 5.69 Å². The van der Waals surface area contributed by atoms with Crippen LogP contribution >= 0.6 is 0 Å². The van der Waals surface area contributed by atoms with E-state index in [9.17, 15) is 13.2 Å². The van der Waals surface area contributed by atoms with E-state index in [1.165, 1.54) is 0 Å². The van der Waals surface area contributed by atoms with Gasteiger partial charge in [-0.05, 0) is 56.3 Å². The predicted octanol–water partition coefficient (Wildman–Crippen LogP) is 10.1. The highest BCUT2D eigenvalue weighted by atomic mass is 19.4. The van der Waals surface area contributed by atoms with E-state index in [2.05, 4.69) is 46.5 Å². The number of para-hydroxylation sites is 1. The lowest BCUT2D eigenvalue weighted by Crippen LogP contribution is -2.39. The summed E-state index contributed by atoms with van der Waals surface area (Å²) in [6.07, 6.45) is -4.57. The lowest BCUT2D eigenvalue weighted by atomic mass is 9.77. The minimum absolute atomic E-state index is 0.290. The number of aromatic nitrogens is 5. The Kier molecular flexibility index (Phi) is 7.76. The van der Waals surface area contributed by atoms with Crippen LogP contribution in [0, 0.1) is 0 Å². The van der Waals surface area contributed by atoms with Crippen molar-refractivity contribution in [2.24, 2.45) is 0 Å². The van der Waals surface area contributed by atoms with Gasteiger partial charge in [-0.15, -0.1) is 15.0 Å². The summed E-state index contributed by atoms with van der Waals surface area (Å²) in [6.45, 7) is 0. The summed E-state index contributed by atoms with van der Waals surface area (Å²) in [4.78, 5) is 5.56. The highest BCUT2D eigenvalue weighted by molar-refractivity contribution is 5.95. The summed E-state index contributed by atoms with van der Waals surface area (Å²) in [5, 5.41) is 15.1. The Morgan fingerprint density at radius 2 is 0.960 bits per heavy atom. The van der Waals surface area contributed by atoms with Crippen molar-refractivity contribution >= 4 is 10.9 Å². The molecular weight excluding hydrogens is 631 g/mol. The summed E-state index contributed by atoms with van der Waals surface area (Å²) in [6, 6.07) is 53.7. The molecule has 8 aromatic rings. The molecule has 5 nitrogen and oxygen atoms in total. The van der Waals surface area contributed by atoms with Crippen LogP contribution in [-0.4, -0.2) is 25.2 Å². The zero-order chi connectivity index (χ0) is 34.1. The molecule has 0 aliphatic rings. The number of halogens is 3. The van der Waals surface area contributed by atoms with E-state index in [-0.39, 0.29) is 0 Å². The number of fused-ring (bicyclic) bond motifs is 1. The van der Waals surface area contributed by atoms with Crippen LogP contribution in [0.5, 0.6) is 0 Å². The Balaban J connectivity index is 1.24. The maximum Gasteiger partial charge on any atom is 0.433 e. The van der Waals surface area contributed by atoms with E-state index in [1.54, 1.807) is 29.1 Å². The van der Waals surface area contributed by atoms with E-state index < -0.39 is 17.4 Å². The van der Waals surface area contributed by atoms with Crippen LogP contribution in [0.1, 0.15) is 22.4 Å². The predicted molar refractivity (Wildman–Crippen MR) is 189 cm³/mol. The van der Waals surface area contributed by atoms with Crippen LogP contribution in [0.3, 0.4) is 0 Å². The molecule has 0 fully saturated rings. The molecule has 0 bridgehead atoms. The molecule has 0 N–H and O–H groups in total. The van der Waals surface area contributed by atoms with E-state index >= 15 is 0 Å². The maximum atomic E-state index is 13.8. The van der Waals surface area contributed by atoms with Crippen molar-refractivity contribution in [3.63, 3.8) is 0 Å². The maximum absolute atomic E-state index is 13.8. The third-order valence-electron chi connectivity index (χ3n) is 8.97. The first-order chi connectivity index (χ1) is 24.4. The number of nitrogens with zero attached hydrogens (tertiary/aromatic N) is 5. The molecule has 50 heavy (non-hydrogen) atoms. The Morgan fingerprint density at radius 3 is 1.52 bits per heavy atom. The molecule has 6 aromatic carbocycles. The molecule has 8 rings (SSSR count). The van der Waals surface area contributed by atoms with E-state index in [4.69, 9.17) is 10.3 Å². The van der Waals surface area contributed by atoms with Crippen molar-refractivity contribution < 1.29 is 13.2 Å². The monoisotopic (exact) mass is 659 g/mol. The van der Waals surface area contributed by atoms with Crippen molar-refractivity contribution in [1.82, 2.24) is 25.2 Å². The summed E-state index contributed by atoms with van der Waals surface area (Å²) in [5.74, 6) is 0.437. The molecule has 0 atom stereocenters. The highest BCUT2D eigenvalue weighted by Crippen LogP contribution is 2.41. The first-order valence-corrected chi connectivity index (χ1v) is 16.1. The van der Waals surface area contributed by atoms with Gasteiger partial charge in [-0.2, -0.15) is 13.2 Å². The molecule has 2 aromatic heterocycles. The zero-order valence-corrected chi connectivity index (χ0v) is 26.5. The number of hydrogen-bond donors (Lipinski definition) is 0. The third-order valence-corrected chi connectivity index (χ3v) is 8.97. The number of tetrazole rings is 1. The van der Waals surface area contributed by atoms with Gasteiger partial charge in [-0.25, -0.2) is 4.98 Å². The van der Waals surface area contributed by atoms with E-state index in [1.807, 2.05) is 103 Å². The second kappa shape index (κ2) is 12.6. The van der Waals surface area contributed by atoms with Crippen molar-refractivity contribution in [2.75, 3.05) is 0 Å². The van der Waals surface area contributed by atoms with Crippen molar-refractivity contribution in [3.05, 3.63) is 192 Å². The molecule has 0 aliphatic carbocycles. The van der Waals surface area contributed by atoms with Crippen molar-refractivity contribution in [2.45, 2.75) is 11.7 Å². The lowest BCUT2D eigenvalue weighted by Gasteiger charge is -2.34. The largest absolute Gasteiger partial charge is 0.433 e. The summed E-state index contributed by atoms with van der Waals surface area (Å²) >= 11 is 0. The SMILES string of the molecule is FC(F)(F)c1cc(-c2ccc(-c3ccccc3-c3nnn(C(c4ccccc4)(c4ccccc4)c4ccccc4)n3)cc2)c2ccccc2n1. The molecule has 0 saturated carbocycles. The number of alkyl halides is 3. The van der Waals surface area contributed by atoms with Gasteiger partial charge in [-0.1, -0.05) is 158 Å². The normalized spacial score (nSPS) is 11.9. The molecule has 0 aliphatic heterocycles.